The molecule has 1 N–H and O–H groups in total. The van der Waals surface area contributed by atoms with Crippen LogP contribution in [-0.2, 0) is 0 Å². The Balaban J connectivity index is 2.68. The molecule has 0 fully saturated rings. The summed E-state index contributed by atoms with van der Waals surface area (Å²) in [4.78, 5) is 0. The monoisotopic (exact) mass is 313 g/mol. The number of hydrogen-bond acceptors (Lipinski definition) is 1. The molecule has 1 atom stereocenters. The minimum atomic E-state index is 0.417. The molecule has 15 heavy (non-hydrogen) atoms. The van der Waals surface area contributed by atoms with E-state index in [9.17, 15) is 0 Å². The van der Waals surface area contributed by atoms with Crippen LogP contribution in [0.4, 0.5) is 0 Å². The van der Waals surface area contributed by atoms with Gasteiger partial charge in [0.1, 0.15) is 0 Å². The summed E-state index contributed by atoms with van der Waals surface area (Å²) in [6, 6.07) is 9.03. The van der Waals surface area contributed by atoms with E-state index in [1.165, 1.54) is 9.13 Å². The average molecular weight is 313 g/mol. The van der Waals surface area contributed by atoms with Crippen LogP contribution in [0, 0.1) is 15.4 Å². The third-order valence-electron chi connectivity index (χ3n) is 2.33. The third-order valence-corrected chi connectivity index (χ3v) is 3.01. The van der Waals surface area contributed by atoms with E-state index in [-0.39, 0.29) is 0 Å². The topological polar surface area (TPSA) is 12.0 Å². The number of benzene rings is 1. The van der Waals surface area contributed by atoms with Crippen molar-refractivity contribution in [2.45, 2.75) is 25.8 Å². The number of halogens is 1. The molecule has 0 aliphatic carbocycles. The van der Waals surface area contributed by atoms with Crippen LogP contribution >= 0.6 is 22.6 Å². The molecule has 1 aromatic rings. The summed E-state index contributed by atoms with van der Waals surface area (Å²) in [6.07, 6.45) is 2.02. The van der Waals surface area contributed by atoms with Gasteiger partial charge in [-0.2, -0.15) is 0 Å². The van der Waals surface area contributed by atoms with Gasteiger partial charge in [-0.15, -0.1) is 11.8 Å². The van der Waals surface area contributed by atoms with Crippen molar-refractivity contribution >= 4 is 22.6 Å². The lowest BCUT2D eigenvalue weighted by Gasteiger charge is -2.15. The quantitative estimate of drug-likeness (QED) is 0.664. The van der Waals surface area contributed by atoms with Gasteiger partial charge in [0.05, 0.1) is 0 Å². The molecule has 0 aromatic heterocycles. The highest BCUT2D eigenvalue weighted by atomic mass is 127. The van der Waals surface area contributed by atoms with Gasteiger partial charge in [-0.05, 0) is 60.7 Å². The first-order valence-corrected chi connectivity index (χ1v) is 6.18. The van der Waals surface area contributed by atoms with Gasteiger partial charge < -0.3 is 5.32 Å². The summed E-state index contributed by atoms with van der Waals surface area (Å²) in [5, 5.41) is 3.33. The minimum Gasteiger partial charge on any atom is -0.313 e. The SMILES string of the molecule is CC#CCCC(NC)c1cccc(I)c1. The van der Waals surface area contributed by atoms with Gasteiger partial charge in [0, 0.05) is 16.0 Å². The maximum absolute atomic E-state index is 3.33. The number of rotatable bonds is 4. The van der Waals surface area contributed by atoms with Gasteiger partial charge in [0.25, 0.3) is 0 Å². The lowest BCUT2D eigenvalue weighted by atomic mass is 10.0. The lowest BCUT2D eigenvalue weighted by Crippen LogP contribution is -2.16. The van der Waals surface area contributed by atoms with E-state index in [0.717, 1.165) is 12.8 Å². The zero-order valence-electron chi connectivity index (χ0n) is 9.18. The van der Waals surface area contributed by atoms with Crippen LogP contribution in [0.25, 0.3) is 0 Å². The zero-order chi connectivity index (χ0) is 11.1. The van der Waals surface area contributed by atoms with Crippen LogP contribution in [0.1, 0.15) is 31.4 Å². The molecule has 0 bridgehead atoms. The standard InChI is InChI=1S/C13H16IN/c1-3-4-5-9-13(15-2)11-7-6-8-12(14)10-11/h6-8,10,13,15H,5,9H2,1-2H3. The van der Waals surface area contributed by atoms with Gasteiger partial charge in [-0.25, -0.2) is 0 Å². The van der Waals surface area contributed by atoms with Crippen molar-refractivity contribution in [2.75, 3.05) is 7.05 Å². The van der Waals surface area contributed by atoms with E-state index in [1.54, 1.807) is 0 Å². The Labute approximate surface area is 106 Å². The highest BCUT2D eigenvalue weighted by Crippen LogP contribution is 2.19. The Hall–Kier alpha value is -0.530. The molecule has 0 saturated carbocycles. The second kappa shape index (κ2) is 6.86. The molecular weight excluding hydrogens is 297 g/mol. The highest BCUT2D eigenvalue weighted by molar-refractivity contribution is 14.1. The smallest absolute Gasteiger partial charge is 0.0326 e. The fourth-order valence-electron chi connectivity index (χ4n) is 1.54. The normalized spacial score (nSPS) is 11.7. The predicted molar refractivity (Wildman–Crippen MR) is 73.6 cm³/mol. The minimum absolute atomic E-state index is 0.417. The molecular formula is C13H16IN. The van der Waals surface area contributed by atoms with Crippen LogP contribution < -0.4 is 5.32 Å². The van der Waals surface area contributed by atoms with Gasteiger partial charge in [0.15, 0.2) is 0 Å². The molecule has 1 nitrogen and oxygen atoms in total. The fourth-order valence-corrected chi connectivity index (χ4v) is 2.11. The molecule has 0 spiro atoms. The molecule has 0 amide bonds. The van der Waals surface area contributed by atoms with Crippen molar-refractivity contribution < 1.29 is 0 Å². The molecule has 1 aromatic carbocycles. The lowest BCUT2D eigenvalue weighted by molar-refractivity contribution is 0.558. The van der Waals surface area contributed by atoms with Crippen molar-refractivity contribution in [2.24, 2.45) is 0 Å². The summed E-state index contributed by atoms with van der Waals surface area (Å²) in [7, 11) is 2.00. The number of nitrogens with one attached hydrogen (secondary N) is 1. The molecule has 0 radical (unpaired) electrons. The number of hydrogen-bond donors (Lipinski definition) is 1. The third kappa shape index (κ3) is 4.23. The molecule has 2 heteroatoms. The summed E-state index contributed by atoms with van der Waals surface area (Å²) < 4.78 is 1.28. The van der Waals surface area contributed by atoms with E-state index < -0.39 is 0 Å². The molecule has 1 unspecified atom stereocenters. The summed E-state index contributed by atoms with van der Waals surface area (Å²) >= 11 is 2.34. The van der Waals surface area contributed by atoms with Crippen molar-refractivity contribution in [1.29, 1.82) is 0 Å². The molecule has 0 heterocycles. The zero-order valence-corrected chi connectivity index (χ0v) is 11.3. The Kier molecular flexibility index (Phi) is 5.74. The van der Waals surface area contributed by atoms with Gasteiger partial charge in [0.2, 0.25) is 0 Å². The van der Waals surface area contributed by atoms with Crippen LogP contribution in [-0.4, -0.2) is 7.05 Å². The van der Waals surface area contributed by atoms with Crippen molar-refractivity contribution in [3.05, 3.63) is 33.4 Å². The van der Waals surface area contributed by atoms with E-state index >= 15 is 0 Å². The van der Waals surface area contributed by atoms with Crippen molar-refractivity contribution in [3.8, 4) is 11.8 Å². The van der Waals surface area contributed by atoms with Gasteiger partial charge in [-0.3, -0.25) is 0 Å². The van der Waals surface area contributed by atoms with E-state index in [0.29, 0.717) is 6.04 Å². The van der Waals surface area contributed by atoms with Gasteiger partial charge >= 0.3 is 0 Å². The maximum atomic E-state index is 3.33. The van der Waals surface area contributed by atoms with Crippen LogP contribution in [0.2, 0.25) is 0 Å². The Morgan fingerprint density at radius 3 is 2.87 bits per heavy atom. The second-order valence-electron chi connectivity index (χ2n) is 3.36. The molecule has 1 rings (SSSR count). The first-order chi connectivity index (χ1) is 7.27. The van der Waals surface area contributed by atoms with E-state index in [1.807, 2.05) is 14.0 Å². The largest absolute Gasteiger partial charge is 0.313 e. The Morgan fingerprint density at radius 1 is 1.47 bits per heavy atom. The summed E-state index contributed by atoms with van der Waals surface area (Å²) in [6.45, 7) is 1.89. The maximum Gasteiger partial charge on any atom is 0.0326 e. The van der Waals surface area contributed by atoms with Crippen LogP contribution in [0.15, 0.2) is 24.3 Å². The molecule has 0 aliphatic heterocycles. The average Bonchev–Trinajstić information content (AvgIpc) is 2.24. The Bertz CT molecular complexity index is 362. The van der Waals surface area contributed by atoms with E-state index in [4.69, 9.17) is 0 Å². The second-order valence-corrected chi connectivity index (χ2v) is 4.61. The van der Waals surface area contributed by atoms with Crippen LogP contribution in [0.3, 0.4) is 0 Å². The first-order valence-electron chi connectivity index (χ1n) is 5.10. The summed E-state index contributed by atoms with van der Waals surface area (Å²) in [5.74, 6) is 6.04. The first kappa shape index (κ1) is 12.5. The molecule has 0 saturated heterocycles. The van der Waals surface area contributed by atoms with Crippen LogP contribution in [0.5, 0.6) is 0 Å². The fraction of sp³-hybridized carbons (Fsp3) is 0.385. The molecule has 80 valence electrons. The van der Waals surface area contributed by atoms with Crippen molar-refractivity contribution in [3.63, 3.8) is 0 Å². The predicted octanol–water partition coefficient (Wildman–Crippen LogP) is 3.36. The summed E-state index contributed by atoms with van der Waals surface area (Å²) in [5.41, 5.74) is 1.35. The molecule has 0 aliphatic rings. The van der Waals surface area contributed by atoms with Gasteiger partial charge in [-0.1, -0.05) is 12.1 Å². The van der Waals surface area contributed by atoms with Crippen molar-refractivity contribution in [1.82, 2.24) is 5.32 Å². The Morgan fingerprint density at radius 2 is 2.27 bits per heavy atom. The van der Waals surface area contributed by atoms with E-state index in [2.05, 4.69) is 64.0 Å². The highest BCUT2D eigenvalue weighted by Gasteiger charge is 2.07.